The van der Waals surface area contributed by atoms with Crippen molar-refractivity contribution in [3.63, 3.8) is 0 Å². The van der Waals surface area contributed by atoms with E-state index in [-0.39, 0.29) is 11.2 Å². The maximum absolute atomic E-state index is 11.2. The van der Waals surface area contributed by atoms with Gasteiger partial charge in [-0.3, -0.25) is 0 Å². The maximum atomic E-state index is 11.2. The second-order valence-electron chi connectivity index (χ2n) is 6.56. The molecule has 122 valence electrons. The fourth-order valence-electron chi connectivity index (χ4n) is 2.61. The van der Waals surface area contributed by atoms with E-state index < -0.39 is 0 Å². The number of benzene rings is 1. The zero-order valence-corrected chi connectivity index (χ0v) is 13.8. The summed E-state index contributed by atoms with van der Waals surface area (Å²) in [6.45, 7) is 6.86. The fourth-order valence-corrected chi connectivity index (χ4v) is 2.61. The van der Waals surface area contributed by atoms with E-state index in [1.54, 1.807) is 12.1 Å². The van der Waals surface area contributed by atoms with Gasteiger partial charge >= 0.3 is 5.63 Å². The Labute approximate surface area is 135 Å². The van der Waals surface area contributed by atoms with E-state index in [2.05, 4.69) is 26.8 Å². The van der Waals surface area contributed by atoms with E-state index in [4.69, 9.17) is 13.9 Å². The van der Waals surface area contributed by atoms with Gasteiger partial charge in [-0.15, -0.1) is 0 Å². The molecule has 0 radical (unpaired) electrons. The standard InChI is InChI=1S/C19H22O4/c1-13(4-8-17-19(2,3)23-17)10-11-21-15-7-5-14-6-9-18(20)22-16(14)12-15/h5-7,9-10,12,17H,4,8,11H2,1-3H3/b13-10+. The lowest BCUT2D eigenvalue weighted by atomic mass is 10.0. The molecule has 1 aromatic carbocycles. The van der Waals surface area contributed by atoms with Crippen LogP contribution in [0.2, 0.25) is 0 Å². The Morgan fingerprint density at radius 2 is 2.04 bits per heavy atom. The van der Waals surface area contributed by atoms with Crippen LogP contribution < -0.4 is 10.4 Å². The molecule has 0 N–H and O–H groups in total. The zero-order chi connectivity index (χ0) is 16.4. The zero-order valence-electron chi connectivity index (χ0n) is 13.8. The van der Waals surface area contributed by atoms with Crippen LogP contribution in [0.15, 0.2) is 51.2 Å². The van der Waals surface area contributed by atoms with Crippen LogP contribution in [0.25, 0.3) is 11.0 Å². The van der Waals surface area contributed by atoms with Gasteiger partial charge in [0.2, 0.25) is 0 Å². The number of fused-ring (bicyclic) bond motifs is 1. The topological polar surface area (TPSA) is 52.0 Å². The summed E-state index contributed by atoms with van der Waals surface area (Å²) in [6.07, 6.45) is 4.54. The molecule has 1 unspecified atom stereocenters. The van der Waals surface area contributed by atoms with Crippen LogP contribution in [0, 0.1) is 0 Å². The summed E-state index contributed by atoms with van der Waals surface area (Å²) in [5.74, 6) is 0.697. The van der Waals surface area contributed by atoms with Crippen LogP contribution in [0.1, 0.15) is 33.6 Å². The summed E-state index contributed by atoms with van der Waals surface area (Å²) in [5.41, 5.74) is 1.55. The monoisotopic (exact) mass is 314 g/mol. The SMILES string of the molecule is C/C(=C\COc1ccc2ccc(=O)oc2c1)CCC1OC1(C)C. The van der Waals surface area contributed by atoms with E-state index in [9.17, 15) is 4.79 Å². The van der Waals surface area contributed by atoms with Gasteiger partial charge in [-0.25, -0.2) is 4.79 Å². The molecule has 23 heavy (non-hydrogen) atoms. The van der Waals surface area contributed by atoms with Crippen LogP contribution in [0.4, 0.5) is 0 Å². The van der Waals surface area contributed by atoms with Crippen molar-refractivity contribution in [2.24, 2.45) is 0 Å². The number of hydrogen-bond acceptors (Lipinski definition) is 4. The molecular weight excluding hydrogens is 292 g/mol. The molecule has 0 bridgehead atoms. The molecule has 1 saturated heterocycles. The Balaban J connectivity index is 1.53. The van der Waals surface area contributed by atoms with E-state index in [0.717, 1.165) is 18.2 Å². The third-order valence-corrected chi connectivity index (χ3v) is 4.24. The predicted octanol–water partition coefficient (Wildman–Crippen LogP) is 4.08. The van der Waals surface area contributed by atoms with Gasteiger partial charge in [-0.1, -0.05) is 5.57 Å². The van der Waals surface area contributed by atoms with E-state index >= 15 is 0 Å². The Hall–Kier alpha value is -2.07. The minimum Gasteiger partial charge on any atom is -0.489 e. The summed E-state index contributed by atoms with van der Waals surface area (Å²) in [7, 11) is 0. The Morgan fingerprint density at radius 3 is 2.78 bits per heavy atom. The third kappa shape index (κ3) is 4.02. The van der Waals surface area contributed by atoms with Crippen molar-refractivity contribution in [3.05, 3.63) is 52.4 Å². The molecule has 1 atom stereocenters. The molecule has 0 amide bonds. The van der Waals surface area contributed by atoms with Crippen molar-refractivity contribution < 1.29 is 13.9 Å². The Kier molecular flexibility index (Phi) is 4.26. The molecule has 0 saturated carbocycles. The lowest BCUT2D eigenvalue weighted by molar-refractivity contribution is 0.320. The average Bonchev–Trinajstić information content (AvgIpc) is 3.12. The van der Waals surface area contributed by atoms with Crippen LogP contribution in [0.3, 0.4) is 0 Å². The fraction of sp³-hybridized carbons (Fsp3) is 0.421. The van der Waals surface area contributed by atoms with Crippen LogP contribution >= 0.6 is 0 Å². The number of allylic oxidation sites excluding steroid dienone is 1. The lowest BCUT2D eigenvalue weighted by Gasteiger charge is -2.05. The van der Waals surface area contributed by atoms with Gasteiger partial charge in [0.05, 0.1) is 11.7 Å². The summed E-state index contributed by atoms with van der Waals surface area (Å²) >= 11 is 0. The highest BCUT2D eigenvalue weighted by Crippen LogP contribution is 2.38. The van der Waals surface area contributed by atoms with Crippen molar-refractivity contribution in [1.29, 1.82) is 0 Å². The molecule has 2 heterocycles. The second kappa shape index (κ2) is 6.20. The van der Waals surface area contributed by atoms with Gasteiger partial charge in [0.25, 0.3) is 0 Å². The maximum Gasteiger partial charge on any atom is 0.336 e. The van der Waals surface area contributed by atoms with Gasteiger partial charge in [-0.2, -0.15) is 0 Å². The van der Waals surface area contributed by atoms with Crippen LogP contribution in [-0.2, 0) is 4.74 Å². The minimum atomic E-state index is -0.351. The summed E-state index contributed by atoms with van der Waals surface area (Å²) < 4.78 is 16.5. The second-order valence-corrected chi connectivity index (χ2v) is 6.56. The summed E-state index contributed by atoms with van der Waals surface area (Å²) in [4.78, 5) is 11.2. The first-order valence-corrected chi connectivity index (χ1v) is 7.94. The first-order chi connectivity index (χ1) is 10.9. The normalized spacial score (nSPS) is 19.8. The minimum absolute atomic E-state index is 0.0613. The molecule has 4 nitrogen and oxygen atoms in total. The largest absolute Gasteiger partial charge is 0.489 e. The number of hydrogen-bond donors (Lipinski definition) is 0. The highest BCUT2D eigenvalue weighted by atomic mass is 16.6. The first kappa shape index (κ1) is 15.8. The highest BCUT2D eigenvalue weighted by Gasteiger charge is 2.46. The molecule has 2 aromatic rings. The quantitative estimate of drug-likeness (QED) is 0.458. The van der Waals surface area contributed by atoms with Crippen molar-refractivity contribution in [1.82, 2.24) is 0 Å². The number of epoxide rings is 1. The first-order valence-electron chi connectivity index (χ1n) is 7.94. The lowest BCUT2D eigenvalue weighted by Crippen LogP contribution is -2.03. The number of ether oxygens (including phenoxy) is 2. The van der Waals surface area contributed by atoms with Crippen molar-refractivity contribution in [3.8, 4) is 5.75 Å². The van der Waals surface area contributed by atoms with Crippen LogP contribution in [0.5, 0.6) is 5.75 Å². The van der Waals surface area contributed by atoms with Gasteiger partial charge in [0.15, 0.2) is 0 Å². The summed E-state index contributed by atoms with van der Waals surface area (Å²) in [5, 5.41) is 0.885. The molecule has 3 rings (SSSR count). The molecule has 0 spiro atoms. The van der Waals surface area contributed by atoms with E-state index in [1.165, 1.54) is 11.6 Å². The summed E-state index contributed by atoms with van der Waals surface area (Å²) in [6, 6.07) is 8.68. The molecular formula is C19H22O4. The highest BCUT2D eigenvalue weighted by molar-refractivity contribution is 5.77. The van der Waals surface area contributed by atoms with Crippen molar-refractivity contribution in [2.45, 2.75) is 45.3 Å². The van der Waals surface area contributed by atoms with Crippen LogP contribution in [-0.4, -0.2) is 18.3 Å². The molecule has 1 fully saturated rings. The molecule has 0 aliphatic carbocycles. The Bertz CT molecular complexity index is 785. The van der Waals surface area contributed by atoms with Crippen molar-refractivity contribution >= 4 is 11.0 Å². The van der Waals surface area contributed by atoms with Crippen molar-refractivity contribution in [2.75, 3.05) is 6.61 Å². The smallest absolute Gasteiger partial charge is 0.336 e. The Morgan fingerprint density at radius 1 is 1.30 bits per heavy atom. The van der Waals surface area contributed by atoms with Gasteiger partial charge in [0, 0.05) is 17.5 Å². The average molecular weight is 314 g/mol. The molecule has 4 heteroatoms. The third-order valence-electron chi connectivity index (χ3n) is 4.24. The van der Waals surface area contributed by atoms with Gasteiger partial charge in [0.1, 0.15) is 17.9 Å². The molecule has 1 aliphatic heterocycles. The van der Waals surface area contributed by atoms with E-state index in [0.29, 0.717) is 24.0 Å². The van der Waals surface area contributed by atoms with E-state index in [1.807, 2.05) is 12.1 Å². The van der Waals surface area contributed by atoms with Gasteiger partial charge in [-0.05, 0) is 57.9 Å². The predicted molar refractivity (Wildman–Crippen MR) is 89.9 cm³/mol. The molecule has 1 aliphatic rings. The molecule has 1 aromatic heterocycles. The van der Waals surface area contributed by atoms with Gasteiger partial charge < -0.3 is 13.9 Å². The number of rotatable bonds is 6.